The lowest BCUT2D eigenvalue weighted by Crippen LogP contribution is -2.50. The first-order valence-electron chi connectivity index (χ1n) is 8.74. The van der Waals surface area contributed by atoms with E-state index in [9.17, 15) is 9.59 Å². The van der Waals surface area contributed by atoms with Crippen LogP contribution in [0.5, 0.6) is 0 Å². The van der Waals surface area contributed by atoms with Gasteiger partial charge in [0.15, 0.2) is 0 Å². The van der Waals surface area contributed by atoms with Crippen LogP contribution in [0.2, 0.25) is 0 Å². The maximum Gasteiger partial charge on any atom is 0.232 e. The van der Waals surface area contributed by atoms with Gasteiger partial charge in [-0.15, -0.1) is 0 Å². The quantitative estimate of drug-likeness (QED) is 0.816. The van der Waals surface area contributed by atoms with Crippen molar-refractivity contribution < 1.29 is 9.59 Å². The average molecular weight is 353 g/mol. The molecule has 1 aliphatic rings. The molecule has 0 radical (unpaired) electrons. The third kappa shape index (κ3) is 4.78. The Morgan fingerprint density at radius 2 is 1.81 bits per heavy atom. The topological polar surface area (TPSA) is 78.4 Å². The number of aryl methyl sites for hydroxylation is 1. The maximum absolute atomic E-state index is 12.3. The minimum atomic E-state index is -0.245. The molecule has 1 fully saturated rings. The highest BCUT2D eigenvalue weighted by atomic mass is 16.2. The van der Waals surface area contributed by atoms with E-state index in [0.717, 1.165) is 11.1 Å². The van der Waals surface area contributed by atoms with Gasteiger partial charge in [-0.2, -0.15) is 0 Å². The molecule has 2 heterocycles. The van der Waals surface area contributed by atoms with Crippen LogP contribution in [0.15, 0.2) is 42.7 Å². The molecule has 0 atom stereocenters. The fraction of sp³-hybridized carbons (Fsp3) is 0.368. The Labute approximate surface area is 153 Å². The van der Waals surface area contributed by atoms with Crippen LogP contribution >= 0.6 is 0 Å². The number of carbonyl (C=O) groups is 2. The summed E-state index contributed by atoms with van der Waals surface area (Å²) in [6, 6.07) is 9.72. The number of piperazine rings is 1. The van der Waals surface area contributed by atoms with Crippen LogP contribution in [0.1, 0.15) is 17.5 Å². The van der Waals surface area contributed by atoms with Crippen molar-refractivity contribution >= 4 is 17.8 Å². The second-order valence-corrected chi connectivity index (χ2v) is 6.36. The lowest BCUT2D eigenvalue weighted by molar-refractivity contribution is -0.136. The van der Waals surface area contributed by atoms with Gasteiger partial charge in [0.2, 0.25) is 17.8 Å². The minimum Gasteiger partial charge on any atom is -0.352 e. The van der Waals surface area contributed by atoms with Gasteiger partial charge in [0.25, 0.3) is 0 Å². The van der Waals surface area contributed by atoms with Gasteiger partial charge >= 0.3 is 0 Å². The molecule has 1 aromatic heterocycles. The number of aromatic nitrogens is 2. The lowest BCUT2D eigenvalue weighted by atomic mass is 10.1. The van der Waals surface area contributed by atoms with E-state index in [0.29, 0.717) is 38.7 Å². The number of anilines is 1. The maximum atomic E-state index is 12.3. The van der Waals surface area contributed by atoms with E-state index in [1.54, 1.807) is 23.4 Å². The highest BCUT2D eigenvalue weighted by molar-refractivity contribution is 5.96. The molecule has 7 nitrogen and oxygen atoms in total. The van der Waals surface area contributed by atoms with Gasteiger partial charge in [0.1, 0.15) is 6.42 Å². The number of carbonyl (C=O) groups excluding carboxylic acids is 2. The van der Waals surface area contributed by atoms with Crippen LogP contribution in [0, 0.1) is 6.92 Å². The first-order chi connectivity index (χ1) is 12.6. The van der Waals surface area contributed by atoms with Gasteiger partial charge in [-0.05, 0) is 18.6 Å². The van der Waals surface area contributed by atoms with E-state index >= 15 is 0 Å². The molecule has 2 amide bonds. The van der Waals surface area contributed by atoms with E-state index in [1.807, 2.05) is 36.1 Å². The Kier molecular flexibility index (Phi) is 5.78. The second kappa shape index (κ2) is 8.42. The Balaban J connectivity index is 1.43. The number of nitrogens with zero attached hydrogens (tertiary/aromatic N) is 4. The van der Waals surface area contributed by atoms with Gasteiger partial charge in [-0.25, -0.2) is 9.97 Å². The average Bonchev–Trinajstić information content (AvgIpc) is 2.67. The predicted octanol–water partition coefficient (Wildman–Crippen LogP) is 1.14. The van der Waals surface area contributed by atoms with Crippen molar-refractivity contribution in [2.45, 2.75) is 19.9 Å². The number of amides is 2. The Morgan fingerprint density at radius 1 is 1.08 bits per heavy atom. The first-order valence-corrected chi connectivity index (χ1v) is 8.74. The molecule has 26 heavy (non-hydrogen) atoms. The Bertz CT molecular complexity index is 758. The van der Waals surface area contributed by atoms with Gasteiger partial charge < -0.3 is 15.1 Å². The van der Waals surface area contributed by atoms with E-state index < -0.39 is 0 Å². The largest absolute Gasteiger partial charge is 0.352 e. The van der Waals surface area contributed by atoms with Crippen molar-refractivity contribution in [2.75, 3.05) is 31.1 Å². The summed E-state index contributed by atoms with van der Waals surface area (Å²) in [7, 11) is 0. The zero-order valence-electron chi connectivity index (χ0n) is 14.9. The number of hydrogen-bond acceptors (Lipinski definition) is 5. The summed E-state index contributed by atoms with van der Waals surface area (Å²) in [6.07, 6.45) is 3.30. The minimum absolute atomic E-state index is 0.117. The van der Waals surface area contributed by atoms with Crippen LogP contribution in [-0.2, 0) is 16.1 Å². The summed E-state index contributed by atoms with van der Waals surface area (Å²) in [5.74, 6) is 0.293. The highest BCUT2D eigenvalue weighted by Gasteiger charge is 2.23. The molecular weight excluding hydrogens is 330 g/mol. The molecule has 0 unspecified atom stereocenters. The van der Waals surface area contributed by atoms with Gasteiger partial charge in [-0.3, -0.25) is 9.59 Å². The van der Waals surface area contributed by atoms with Crippen molar-refractivity contribution in [3.05, 3.63) is 53.9 Å². The second-order valence-electron chi connectivity index (χ2n) is 6.36. The summed E-state index contributed by atoms with van der Waals surface area (Å²) in [5, 5.41) is 2.81. The monoisotopic (exact) mass is 353 g/mol. The normalized spacial score (nSPS) is 14.2. The zero-order valence-corrected chi connectivity index (χ0v) is 14.9. The standard InChI is InChI=1S/C19H23N5O2/c1-15-4-2-5-16(12-15)14-22-17(25)13-18(26)23-8-10-24(11-9-23)19-20-6-3-7-21-19/h2-7,12H,8-11,13-14H2,1H3,(H,22,25). The fourth-order valence-corrected chi connectivity index (χ4v) is 2.94. The molecule has 0 bridgehead atoms. The van der Waals surface area contributed by atoms with Gasteiger partial charge in [-0.1, -0.05) is 29.8 Å². The fourth-order valence-electron chi connectivity index (χ4n) is 2.94. The SMILES string of the molecule is Cc1cccc(CNC(=O)CC(=O)N2CCN(c3ncccn3)CC2)c1. The predicted molar refractivity (Wildman–Crippen MR) is 98.5 cm³/mol. The Hall–Kier alpha value is -2.96. The molecule has 0 aliphatic carbocycles. The summed E-state index contributed by atoms with van der Waals surface area (Å²) in [6.45, 7) is 4.92. The lowest BCUT2D eigenvalue weighted by Gasteiger charge is -2.34. The van der Waals surface area contributed by atoms with E-state index in [2.05, 4.69) is 15.3 Å². The molecule has 0 spiro atoms. The van der Waals surface area contributed by atoms with E-state index in [1.165, 1.54) is 0 Å². The van der Waals surface area contributed by atoms with Crippen molar-refractivity contribution in [1.29, 1.82) is 0 Å². The first kappa shape index (κ1) is 17.8. The molecule has 1 saturated heterocycles. The molecule has 0 saturated carbocycles. The van der Waals surface area contributed by atoms with E-state index in [4.69, 9.17) is 0 Å². The smallest absolute Gasteiger partial charge is 0.232 e. The molecule has 136 valence electrons. The molecule has 3 rings (SSSR count). The zero-order chi connectivity index (χ0) is 18.4. The number of rotatable bonds is 5. The van der Waals surface area contributed by atoms with Crippen molar-refractivity contribution in [2.24, 2.45) is 0 Å². The summed E-state index contributed by atoms with van der Waals surface area (Å²) >= 11 is 0. The van der Waals surface area contributed by atoms with Crippen LogP contribution in [0.25, 0.3) is 0 Å². The van der Waals surface area contributed by atoms with Crippen molar-refractivity contribution in [3.63, 3.8) is 0 Å². The third-order valence-corrected chi connectivity index (χ3v) is 4.35. The van der Waals surface area contributed by atoms with Gasteiger partial charge in [0.05, 0.1) is 0 Å². The van der Waals surface area contributed by atoms with Gasteiger partial charge in [0, 0.05) is 45.1 Å². The van der Waals surface area contributed by atoms with Crippen molar-refractivity contribution in [3.8, 4) is 0 Å². The Morgan fingerprint density at radius 3 is 2.50 bits per heavy atom. The molecule has 2 aromatic rings. The molecule has 7 heteroatoms. The summed E-state index contributed by atoms with van der Waals surface area (Å²) in [4.78, 5) is 36.6. The molecular formula is C19H23N5O2. The van der Waals surface area contributed by atoms with Crippen LogP contribution < -0.4 is 10.2 Å². The number of hydrogen-bond donors (Lipinski definition) is 1. The van der Waals surface area contributed by atoms with E-state index in [-0.39, 0.29) is 18.2 Å². The molecule has 1 aliphatic heterocycles. The van der Waals surface area contributed by atoms with Crippen LogP contribution in [-0.4, -0.2) is 52.9 Å². The van der Waals surface area contributed by atoms with Crippen LogP contribution in [0.3, 0.4) is 0 Å². The summed E-state index contributed by atoms with van der Waals surface area (Å²) < 4.78 is 0. The van der Waals surface area contributed by atoms with Crippen molar-refractivity contribution in [1.82, 2.24) is 20.2 Å². The third-order valence-electron chi connectivity index (χ3n) is 4.35. The summed E-state index contributed by atoms with van der Waals surface area (Å²) in [5.41, 5.74) is 2.18. The molecule has 1 N–H and O–H groups in total. The van der Waals surface area contributed by atoms with Crippen LogP contribution in [0.4, 0.5) is 5.95 Å². The highest BCUT2D eigenvalue weighted by Crippen LogP contribution is 2.10. The molecule has 1 aromatic carbocycles. The number of benzene rings is 1. The number of nitrogens with one attached hydrogen (secondary N) is 1.